The van der Waals surface area contributed by atoms with Crippen molar-refractivity contribution in [3.63, 3.8) is 0 Å². The monoisotopic (exact) mass is 507 g/mol. The van der Waals surface area contributed by atoms with Gasteiger partial charge in [-0.2, -0.15) is 5.10 Å². The van der Waals surface area contributed by atoms with E-state index < -0.39 is 28.8 Å². The second-order valence-corrected chi connectivity index (χ2v) is 9.38. The van der Waals surface area contributed by atoms with E-state index in [1.165, 1.54) is 13.0 Å². The molecule has 1 fully saturated rings. The number of rotatable bonds is 7. The Labute approximate surface area is 205 Å². The average molecular weight is 508 g/mol. The fraction of sp³-hybridized carbons (Fsp3) is 0.375. The van der Waals surface area contributed by atoms with E-state index in [0.29, 0.717) is 24.5 Å². The van der Waals surface area contributed by atoms with Gasteiger partial charge in [-0.15, -0.1) is 0 Å². The molecule has 0 spiro atoms. The fourth-order valence-corrected chi connectivity index (χ4v) is 4.56. The Balaban J connectivity index is 1.54. The van der Waals surface area contributed by atoms with Crippen LogP contribution < -0.4 is 5.32 Å². The molecule has 4 rings (SSSR count). The number of hydrogen-bond donors (Lipinski definition) is 3. The molecular formula is C24H25ClF3N5O2. The highest BCUT2D eigenvalue weighted by Gasteiger charge is 2.43. The summed E-state index contributed by atoms with van der Waals surface area (Å²) in [5.41, 5.74) is -0.510. The Morgan fingerprint density at radius 3 is 2.54 bits per heavy atom. The molecule has 3 N–H and O–H groups in total. The quantitative estimate of drug-likeness (QED) is 0.410. The van der Waals surface area contributed by atoms with Crippen molar-refractivity contribution in [2.24, 2.45) is 5.41 Å². The molecule has 0 radical (unpaired) electrons. The van der Waals surface area contributed by atoms with Crippen molar-refractivity contribution in [1.82, 2.24) is 20.1 Å². The maximum absolute atomic E-state index is 15.0. The lowest BCUT2D eigenvalue weighted by atomic mass is 9.74. The highest BCUT2D eigenvalue weighted by molar-refractivity contribution is 6.30. The van der Waals surface area contributed by atoms with E-state index >= 15 is 4.39 Å². The third-order valence-corrected chi connectivity index (χ3v) is 6.81. The first-order chi connectivity index (χ1) is 16.6. The molecule has 3 heterocycles. The van der Waals surface area contributed by atoms with E-state index in [9.17, 15) is 18.7 Å². The van der Waals surface area contributed by atoms with Crippen LogP contribution in [-0.2, 0) is 17.8 Å². The highest BCUT2D eigenvalue weighted by atomic mass is 35.5. The number of nitrogens with one attached hydrogen (secondary N) is 2. The number of halogens is 4. The number of benzene rings is 1. The number of H-pyrrole nitrogens is 1. The maximum Gasteiger partial charge on any atom is 0.310 e. The van der Waals surface area contributed by atoms with E-state index in [0.717, 1.165) is 5.69 Å². The van der Waals surface area contributed by atoms with E-state index in [4.69, 9.17) is 11.6 Å². The number of aryl methyl sites for hydroxylation is 1. The minimum Gasteiger partial charge on any atom is -0.481 e. The second-order valence-electron chi connectivity index (χ2n) is 8.97. The lowest BCUT2D eigenvalue weighted by molar-refractivity contribution is -0.152. The first-order valence-electron chi connectivity index (χ1n) is 11.1. The normalized spacial score (nSPS) is 15.8. The summed E-state index contributed by atoms with van der Waals surface area (Å²) in [5, 5.41) is 19.5. The van der Waals surface area contributed by atoms with Crippen LogP contribution in [-0.4, -0.2) is 44.2 Å². The van der Waals surface area contributed by atoms with Gasteiger partial charge in [0.05, 0.1) is 16.1 Å². The number of carbonyl (C=O) groups is 1. The molecule has 2 aromatic heterocycles. The molecule has 0 amide bonds. The van der Waals surface area contributed by atoms with Crippen LogP contribution in [0.3, 0.4) is 0 Å². The number of aromatic nitrogens is 3. The Hall–Kier alpha value is -3.11. The summed E-state index contributed by atoms with van der Waals surface area (Å²) in [4.78, 5) is 18.4. The standard InChI is InChI=1S/C24H25ClF3N5O2/c1-13-10-18(32-31-13)30-22-20(27)14(2)19(26)17(29-22)11-24(23(34)35)6-8-33(9-7-24)12-15-4-3-5-16(25)21(15)28/h3-5,10H,6-9,11-12H2,1-2H3,(H,34,35)(H2,29,30,31,32). The van der Waals surface area contributed by atoms with Crippen LogP contribution in [0.1, 0.15) is 35.4 Å². The smallest absolute Gasteiger partial charge is 0.310 e. The van der Waals surface area contributed by atoms with Gasteiger partial charge in [-0.25, -0.2) is 18.2 Å². The van der Waals surface area contributed by atoms with Gasteiger partial charge < -0.3 is 10.4 Å². The van der Waals surface area contributed by atoms with Crippen LogP contribution in [0.4, 0.5) is 24.8 Å². The van der Waals surface area contributed by atoms with Crippen LogP contribution in [0.2, 0.25) is 5.02 Å². The highest BCUT2D eigenvalue weighted by Crippen LogP contribution is 2.38. The Kier molecular flexibility index (Phi) is 7.05. The zero-order chi connectivity index (χ0) is 25.3. The van der Waals surface area contributed by atoms with Gasteiger partial charge in [0.15, 0.2) is 23.3 Å². The number of anilines is 2. The summed E-state index contributed by atoms with van der Waals surface area (Å²) in [6.07, 6.45) is 0.190. The van der Waals surface area contributed by atoms with Crippen LogP contribution in [0.15, 0.2) is 24.3 Å². The SMILES string of the molecule is Cc1cc(Nc2nc(CC3(C(=O)O)CCN(Cc4cccc(Cl)c4F)CC3)c(F)c(C)c2F)n[nH]1. The van der Waals surface area contributed by atoms with E-state index in [2.05, 4.69) is 20.5 Å². The molecular weight excluding hydrogens is 483 g/mol. The molecule has 0 unspecified atom stereocenters. The summed E-state index contributed by atoms with van der Waals surface area (Å²) in [7, 11) is 0. The molecule has 7 nitrogen and oxygen atoms in total. The number of carboxylic acids is 1. The molecule has 1 aromatic carbocycles. The summed E-state index contributed by atoms with van der Waals surface area (Å²) >= 11 is 5.86. The number of carboxylic acid groups (broad SMARTS) is 1. The summed E-state index contributed by atoms with van der Waals surface area (Å²) < 4.78 is 44.0. The number of hydrogen-bond acceptors (Lipinski definition) is 5. The Morgan fingerprint density at radius 2 is 1.91 bits per heavy atom. The van der Waals surface area contributed by atoms with Crippen molar-refractivity contribution in [2.45, 2.75) is 39.7 Å². The van der Waals surface area contributed by atoms with Gasteiger partial charge in [-0.3, -0.25) is 14.8 Å². The van der Waals surface area contributed by atoms with E-state index in [1.54, 1.807) is 25.1 Å². The zero-order valence-corrected chi connectivity index (χ0v) is 20.0. The largest absolute Gasteiger partial charge is 0.481 e. The average Bonchev–Trinajstić information content (AvgIpc) is 3.24. The van der Waals surface area contributed by atoms with Crippen LogP contribution >= 0.6 is 11.6 Å². The lowest BCUT2D eigenvalue weighted by Crippen LogP contribution is -2.45. The third-order valence-electron chi connectivity index (χ3n) is 6.52. The first kappa shape index (κ1) is 25.0. The first-order valence-corrected chi connectivity index (χ1v) is 11.5. The van der Waals surface area contributed by atoms with Gasteiger partial charge in [0, 0.05) is 35.9 Å². The number of aliphatic carboxylic acids is 1. The Morgan fingerprint density at radius 1 is 1.20 bits per heavy atom. The number of pyridine rings is 1. The molecule has 0 atom stereocenters. The van der Waals surface area contributed by atoms with Gasteiger partial charge in [0.25, 0.3) is 0 Å². The van der Waals surface area contributed by atoms with Gasteiger partial charge in [-0.05, 0) is 45.8 Å². The molecule has 0 saturated carbocycles. The van der Waals surface area contributed by atoms with Crippen molar-refractivity contribution < 1.29 is 23.1 Å². The van der Waals surface area contributed by atoms with Crippen LogP contribution in [0.5, 0.6) is 0 Å². The van der Waals surface area contributed by atoms with Crippen molar-refractivity contribution in [2.75, 3.05) is 18.4 Å². The predicted molar refractivity (Wildman–Crippen MR) is 125 cm³/mol. The number of likely N-dealkylation sites (tertiary alicyclic amines) is 1. The van der Waals surface area contributed by atoms with E-state index in [1.807, 2.05) is 4.90 Å². The van der Waals surface area contributed by atoms with Gasteiger partial charge in [-0.1, -0.05) is 23.7 Å². The van der Waals surface area contributed by atoms with Gasteiger partial charge in [0.1, 0.15) is 5.82 Å². The van der Waals surface area contributed by atoms with Crippen LogP contribution in [0, 0.1) is 36.7 Å². The molecule has 1 saturated heterocycles. The van der Waals surface area contributed by atoms with Crippen molar-refractivity contribution >= 4 is 29.2 Å². The number of aromatic amines is 1. The molecule has 1 aliphatic rings. The molecule has 11 heteroatoms. The zero-order valence-electron chi connectivity index (χ0n) is 19.3. The lowest BCUT2D eigenvalue weighted by Gasteiger charge is -2.39. The minimum atomic E-state index is -1.29. The molecule has 0 aliphatic carbocycles. The summed E-state index contributed by atoms with van der Waals surface area (Å²) in [6.45, 7) is 4.05. The van der Waals surface area contributed by atoms with Gasteiger partial charge in [0.2, 0.25) is 0 Å². The van der Waals surface area contributed by atoms with Gasteiger partial charge >= 0.3 is 5.97 Å². The summed E-state index contributed by atoms with van der Waals surface area (Å²) in [6, 6.07) is 6.40. The maximum atomic E-state index is 15.0. The summed E-state index contributed by atoms with van der Waals surface area (Å²) in [5.74, 6) is -3.22. The molecule has 3 aromatic rings. The number of nitrogens with zero attached hydrogens (tertiary/aromatic N) is 3. The molecule has 0 bridgehead atoms. The molecule has 35 heavy (non-hydrogen) atoms. The third kappa shape index (κ3) is 5.13. The van der Waals surface area contributed by atoms with Crippen molar-refractivity contribution in [3.05, 3.63) is 69.3 Å². The number of piperidine rings is 1. The Bertz CT molecular complexity index is 1260. The minimum absolute atomic E-state index is 0.0297. The predicted octanol–water partition coefficient (Wildman–Crippen LogP) is 5.15. The fourth-order valence-electron chi connectivity index (χ4n) is 4.36. The molecule has 186 valence electrons. The second kappa shape index (κ2) is 9.87. The van der Waals surface area contributed by atoms with Crippen molar-refractivity contribution in [1.29, 1.82) is 0 Å². The molecule has 1 aliphatic heterocycles. The van der Waals surface area contributed by atoms with Crippen molar-refractivity contribution in [3.8, 4) is 0 Å². The van der Waals surface area contributed by atoms with E-state index in [-0.39, 0.29) is 47.9 Å². The topological polar surface area (TPSA) is 94.1 Å². The van der Waals surface area contributed by atoms with Crippen LogP contribution in [0.25, 0.3) is 0 Å².